The second kappa shape index (κ2) is 8.81. The molecule has 0 aliphatic heterocycles. The molecule has 0 N–H and O–H groups in total. The first-order valence-corrected chi connectivity index (χ1v) is 10.0. The van der Waals surface area contributed by atoms with Crippen LogP contribution in [0.15, 0.2) is 82.7 Å². The number of fused-ring (bicyclic) bond motifs is 1. The number of aromatic nitrogens is 2. The molecule has 0 unspecified atom stereocenters. The van der Waals surface area contributed by atoms with E-state index in [-0.39, 0.29) is 17.4 Å². The van der Waals surface area contributed by atoms with Gasteiger partial charge in [0.05, 0.1) is 28.1 Å². The van der Waals surface area contributed by atoms with E-state index in [1.165, 1.54) is 29.1 Å². The number of rotatable bonds is 6. The summed E-state index contributed by atoms with van der Waals surface area (Å²) in [6, 6.07) is 20.5. The lowest BCUT2D eigenvalue weighted by Crippen LogP contribution is -2.20. The highest BCUT2D eigenvalue weighted by Gasteiger charge is 2.14. The van der Waals surface area contributed by atoms with E-state index in [2.05, 4.69) is 10.1 Å². The summed E-state index contributed by atoms with van der Waals surface area (Å²) in [5.41, 5.74) is 1.21. The largest absolute Gasteiger partial charge is 0.490 e. The van der Waals surface area contributed by atoms with Gasteiger partial charge in [0.2, 0.25) is 0 Å². The topological polar surface area (TPSA) is 99.6 Å². The van der Waals surface area contributed by atoms with E-state index in [0.717, 1.165) is 0 Å². The molecule has 4 rings (SSSR count). The van der Waals surface area contributed by atoms with Crippen molar-refractivity contribution < 1.29 is 9.66 Å². The van der Waals surface area contributed by atoms with E-state index in [4.69, 9.17) is 4.74 Å². The number of para-hydroxylation sites is 1. The van der Waals surface area contributed by atoms with Crippen LogP contribution in [0.5, 0.6) is 5.75 Å². The summed E-state index contributed by atoms with van der Waals surface area (Å²) >= 11 is 0. The third-order valence-electron chi connectivity index (χ3n) is 4.66. The molecule has 0 bridgehead atoms. The lowest BCUT2D eigenvalue weighted by atomic mass is 10.2. The van der Waals surface area contributed by atoms with Crippen molar-refractivity contribution in [3.8, 4) is 17.1 Å². The van der Waals surface area contributed by atoms with Crippen molar-refractivity contribution in [3.63, 3.8) is 0 Å². The molecule has 1 heterocycles. The fraction of sp³-hybridized carbons (Fsp3) is 0.125. The molecule has 0 aliphatic carbocycles. The number of benzene rings is 3. The number of ether oxygens (including phenoxy) is 1. The van der Waals surface area contributed by atoms with Gasteiger partial charge < -0.3 is 4.74 Å². The Kier molecular flexibility index (Phi) is 5.76. The second-order valence-electron chi connectivity index (χ2n) is 7.33. The summed E-state index contributed by atoms with van der Waals surface area (Å²) < 4.78 is 6.97. The highest BCUT2D eigenvalue weighted by atomic mass is 16.6. The van der Waals surface area contributed by atoms with E-state index in [1.807, 2.05) is 50.2 Å². The van der Waals surface area contributed by atoms with Crippen LogP contribution in [-0.2, 0) is 0 Å². The second-order valence-corrected chi connectivity index (χ2v) is 7.33. The van der Waals surface area contributed by atoms with Gasteiger partial charge >= 0.3 is 0 Å². The van der Waals surface area contributed by atoms with Crippen LogP contribution in [-0.4, -0.2) is 26.9 Å². The minimum atomic E-state index is -0.490. The molecule has 32 heavy (non-hydrogen) atoms. The normalized spacial score (nSPS) is 11.3. The van der Waals surface area contributed by atoms with Crippen LogP contribution < -0.4 is 10.3 Å². The molecule has 3 aromatic carbocycles. The van der Waals surface area contributed by atoms with Crippen LogP contribution in [0, 0.1) is 10.1 Å². The van der Waals surface area contributed by atoms with Crippen LogP contribution in [0.25, 0.3) is 22.3 Å². The summed E-state index contributed by atoms with van der Waals surface area (Å²) in [7, 11) is 0. The van der Waals surface area contributed by atoms with Gasteiger partial charge in [-0.25, -0.2) is 4.98 Å². The van der Waals surface area contributed by atoms with Gasteiger partial charge in [-0.2, -0.15) is 9.78 Å². The molecule has 4 aromatic rings. The van der Waals surface area contributed by atoms with Gasteiger partial charge in [-0.15, -0.1) is 0 Å². The van der Waals surface area contributed by atoms with E-state index < -0.39 is 4.92 Å². The van der Waals surface area contributed by atoms with Crippen molar-refractivity contribution in [3.05, 3.63) is 98.8 Å². The molecular weight excluding hydrogens is 408 g/mol. The molecule has 0 atom stereocenters. The number of nitro groups is 1. The Hall–Kier alpha value is -4.33. The first kappa shape index (κ1) is 20.9. The third kappa shape index (κ3) is 4.24. The molecule has 0 spiro atoms. The Morgan fingerprint density at radius 1 is 1.06 bits per heavy atom. The Bertz CT molecular complexity index is 1380. The van der Waals surface area contributed by atoms with Gasteiger partial charge in [0, 0.05) is 23.3 Å². The molecule has 8 nitrogen and oxygen atoms in total. The van der Waals surface area contributed by atoms with Crippen LogP contribution >= 0.6 is 0 Å². The van der Waals surface area contributed by atoms with Crippen molar-refractivity contribution in [2.24, 2.45) is 5.10 Å². The number of nitrogens with zero attached hydrogens (tertiary/aromatic N) is 4. The monoisotopic (exact) mass is 428 g/mol. The SMILES string of the molecule is CC(C)Oc1ccc([N+](=O)[O-])cc1C=Nn1c(-c2ccccc2)nc2ccccc2c1=O. The molecular formula is C24H20N4O4. The number of non-ortho nitro benzene ring substituents is 1. The predicted molar refractivity (Wildman–Crippen MR) is 123 cm³/mol. The van der Waals surface area contributed by atoms with Gasteiger partial charge in [0.1, 0.15) is 5.75 Å². The molecule has 0 aliphatic rings. The highest BCUT2D eigenvalue weighted by molar-refractivity contribution is 5.85. The molecule has 160 valence electrons. The Balaban J connectivity index is 1.91. The smallest absolute Gasteiger partial charge is 0.282 e. The molecule has 0 saturated heterocycles. The summed E-state index contributed by atoms with van der Waals surface area (Å²) in [5, 5.41) is 16.1. The van der Waals surface area contributed by atoms with Gasteiger partial charge in [0.15, 0.2) is 5.82 Å². The predicted octanol–water partition coefficient (Wildman–Crippen LogP) is 4.64. The van der Waals surface area contributed by atoms with E-state index in [1.54, 1.807) is 18.2 Å². The zero-order valence-electron chi connectivity index (χ0n) is 17.5. The quantitative estimate of drug-likeness (QED) is 0.253. The Labute approximate surface area is 183 Å². The van der Waals surface area contributed by atoms with Crippen LogP contribution in [0.1, 0.15) is 19.4 Å². The lowest BCUT2D eigenvalue weighted by Gasteiger charge is -2.12. The van der Waals surface area contributed by atoms with Crippen LogP contribution in [0.4, 0.5) is 5.69 Å². The van der Waals surface area contributed by atoms with Crippen molar-refractivity contribution in [1.82, 2.24) is 9.66 Å². The maximum atomic E-state index is 13.3. The lowest BCUT2D eigenvalue weighted by molar-refractivity contribution is -0.384. The first-order valence-electron chi connectivity index (χ1n) is 10.0. The minimum absolute atomic E-state index is 0.102. The Morgan fingerprint density at radius 2 is 1.78 bits per heavy atom. The minimum Gasteiger partial charge on any atom is -0.490 e. The summed E-state index contributed by atoms with van der Waals surface area (Å²) in [5.74, 6) is 0.791. The average Bonchev–Trinajstić information content (AvgIpc) is 2.79. The van der Waals surface area contributed by atoms with Crippen molar-refractivity contribution >= 4 is 22.8 Å². The molecule has 0 amide bonds. The molecule has 1 aromatic heterocycles. The zero-order chi connectivity index (χ0) is 22.7. The summed E-state index contributed by atoms with van der Waals surface area (Å²) in [4.78, 5) is 28.7. The van der Waals surface area contributed by atoms with Crippen molar-refractivity contribution in [2.75, 3.05) is 0 Å². The van der Waals surface area contributed by atoms with E-state index >= 15 is 0 Å². The van der Waals surface area contributed by atoms with Gasteiger partial charge in [-0.1, -0.05) is 42.5 Å². The summed E-state index contributed by atoms with van der Waals surface area (Å²) in [6.45, 7) is 3.71. The third-order valence-corrected chi connectivity index (χ3v) is 4.66. The maximum Gasteiger partial charge on any atom is 0.282 e. The standard InChI is InChI=1S/C24H20N4O4/c1-16(2)32-22-13-12-19(28(30)31)14-18(22)15-25-27-23(17-8-4-3-5-9-17)26-21-11-7-6-10-20(21)24(27)29/h3-16H,1-2H3. The highest BCUT2D eigenvalue weighted by Crippen LogP contribution is 2.24. The van der Waals surface area contributed by atoms with E-state index in [9.17, 15) is 14.9 Å². The Morgan fingerprint density at radius 3 is 2.50 bits per heavy atom. The molecule has 0 fully saturated rings. The molecule has 0 radical (unpaired) electrons. The van der Waals surface area contributed by atoms with E-state index in [0.29, 0.717) is 33.6 Å². The fourth-order valence-corrected chi connectivity index (χ4v) is 3.24. The van der Waals surface area contributed by atoms with Gasteiger partial charge in [0.25, 0.3) is 11.2 Å². The first-order chi connectivity index (χ1) is 15.4. The number of hydrogen-bond acceptors (Lipinski definition) is 6. The number of nitro benzene ring substituents is 1. The zero-order valence-corrected chi connectivity index (χ0v) is 17.5. The fourth-order valence-electron chi connectivity index (χ4n) is 3.24. The van der Waals surface area contributed by atoms with Gasteiger partial charge in [-0.3, -0.25) is 14.9 Å². The average molecular weight is 428 g/mol. The van der Waals surface area contributed by atoms with Crippen molar-refractivity contribution in [1.29, 1.82) is 0 Å². The molecule has 0 saturated carbocycles. The van der Waals surface area contributed by atoms with Crippen LogP contribution in [0.3, 0.4) is 0 Å². The maximum absolute atomic E-state index is 13.3. The van der Waals surface area contributed by atoms with Crippen LogP contribution in [0.2, 0.25) is 0 Å². The summed E-state index contributed by atoms with van der Waals surface area (Å²) in [6.07, 6.45) is 1.24. The van der Waals surface area contributed by atoms with Gasteiger partial charge in [-0.05, 0) is 32.0 Å². The number of hydrogen-bond donors (Lipinski definition) is 0. The van der Waals surface area contributed by atoms with Crippen molar-refractivity contribution in [2.45, 2.75) is 20.0 Å². The molecule has 8 heteroatoms.